The largest absolute Gasteiger partial charge is 0.460 e. The number of hydrogen-bond donors (Lipinski definition) is 3. The van der Waals surface area contributed by atoms with Crippen LogP contribution in [0.1, 0.15) is 16.6 Å². The molecule has 0 aromatic carbocycles. The van der Waals surface area contributed by atoms with E-state index in [4.69, 9.17) is 9.47 Å². The summed E-state index contributed by atoms with van der Waals surface area (Å²) in [5, 5.41) is 29.3. The smallest absolute Gasteiger partial charge is 0.344 e. The molecule has 176 valence electrons. The molecule has 3 N–H and O–H groups in total. The Morgan fingerprint density at radius 2 is 2.03 bits per heavy atom. The van der Waals surface area contributed by atoms with Crippen molar-refractivity contribution in [1.29, 1.82) is 0 Å². The van der Waals surface area contributed by atoms with Gasteiger partial charge < -0.3 is 29.4 Å². The number of carbonyl (C=O) groups is 1. The molecule has 0 aliphatic carbocycles. The van der Waals surface area contributed by atoms with Crippen LogP contribution < -0.4 is 15.8 Å². The number of carbonyl (C=O) groups excluding carboxylic acids is 1. The molecule has 1 aliphatic rings. The summed E-state index contributed by atoms with van der Waals surface area (Å²) in [6.07, 6.45) is -0.195. The second kappa shape index (κ2) is 8.86. The average Bonchev–Trinajstić information content (AvgIpc) is 3.34. The van der Waals surface area contributed by atoms with Crippen molar-refractivity contribution in [3.8, 4) is 0 Å². The number of pyridine rings is 1. The summed E-state index contributed by atoms with van der Waals surface area (Å²) in [4.78, 5) is 41.8. The molecule has 1 aliphatic heterocycles. The van der Waals surface area contributed by atoms with Crippen molar-refractivity contribution in [2.45, 2.75) is 31.1 Å². The van der Waals surface area contributed by atoms with Crippen LogP contribution >= 0.6 is 0 Å². The number of aliphatic hydroxyl groups excluding tert-OH is 3. The second-order valence-electron chi connectivity index (χ2n) is 7.73. The van der Waals surface area contributed by atoms with Crippen LogP contribution in [-0.4, -0.2) is 71.5 Å². The lowest BCUT2D eigenvalue weighted by atomic mass is 10.1. The molecule has 3 aromatic rings. The molecule has 1 fully saturated rings. The Kier molecular flexibility index (Phi) is 6.12. The predicted octanol–water partition coefficient (Wildman–Crippen LogP) is -2.81. The van der Waals surface area contributed by atoms with E-state index >= 15 is 0 Å². The average molecular weight is 462 g/mol. The Bertz CT molecular complexity index is 1310. The van der Waals surface area contributed by atoms with Crippen molar-refractivity contribution >= 4 is 17.1 Å². The van der Waals surface area contributed by atoms with Gasteiger partial charge in [-0.1, -0.05) is 0 Å². The fraction of sp³-hybridized carbons (Fsp3) is 0.450. The van der Waals surface area contributed by atoms with Crippen LogP contribution in [0.5, 0.6) is 0 Å². The zero-order valence-corrected chi connectivity index (χ0v) is 17.9. The second-order valence-corrected chi connectivity index (χ2v) is 7.73. The number of hydrogen-bond acceptors (Lipinski definition) is 9. The molecule has 13 heteroatoms. The molecule has 0 spiro atoms. The molecule has 0 unspecified atom stereocenters. The van der Waals surface area contributed by atoms with Crippen LogP contribution in [0.2, 0.25) is 0 Å². The Hall–Kier alpha value is -3.39. The third kappa shape index (κ3) is 3.95. The van der Waals surface area contributed by atoms with Gasteiger partial charge in [-0.2, -0.15) is 4.57 Å². The molecule has 1 saturated heterocycles. The minimum Gasteiger partial charge on any atom is -0.460 e. The molecule has 13 nitrogen and oxygen atoms in total. The first kappa shape index (κ1) is 22.8. The van der Waals surface area contributed by atoms with E-state index in [0.717, 1.165) is 4.57 Å². The number of imidazole rings is 1. The third-order valence-electron chi connectivity index (χ3n) is 5.62. The number of rotatable bonds is 6. The van der Waals surface area contributed by atoms with Gasteiger partial charge in [-0.3, -0.25) is 13.9 Å². The Labute approximate surface area is 186 Å². The lowest BCUT2D eigenvalue weighted by Crippen LogP contribution is -2.46. The van der Waals surface area contributed by atoms with Crippen LogP contribution in [0.25, 0.3) is 11.2 Å². The topological polar surface area (TPSA) is 162 Å². The zero-order valence-electron chi connectivity index (χ0n) is 17.9. The molecule has 0 amide bonds. The molecule has 3 aromatic heterocycles. The lowest BCUT2D eigenvalue weighted by molar-refractivity contribution is -0.765. The number of nitrogens with zero attached hydrogens (tertiary/aromatic N) is 5. The van der Waals surface area contributed by atoms with Crippen molar-refractivity contribution in [3.63, 3.8) is 0 Å². The summed E-state index contributed by atoms with van der Waals surface area (Å²) in [7, 11) is 3.14. The van der Waals surface area contributed by atoms with Crippen molar-refractivity contribution in [1.82, 2.24) is 18.7 Å². The van der Waals surface area contributed by atoms with E-state index < -0.39 is 48.4 Å². The molecule has 0 saturated carbocycles. The maximum Gasteiger partial charge on any atom is 0.344 e. The summed E-state index contributed by atoms with van der Waals surface area (Å²) in [6, 6.07) is 3.01. The normalized spacial score (nSPS) is 22.7. The number of ether oxygens (including phenoxy) is 2. The van der Waals surface area contributed by atoms with Crippen molar-refractivity contribution in [2.75, 3.05) is 13.2 Å². The van der Waals surface area contributed by atoms with Gasteiger partial charge in [0.15, 0.2) is 29.7 Å². The van der Waals surface area contributed by atoms with Gasteiger partial charge in [-0.05, 0) is 6.07 Å². The highest BCUT2D eigenvalue weighted by atomic mass is 16.6. The van der Waals surface area contributed by atoms with Crippen LogP contribution in [0.4, 0.5) is 0 Å². The number of aromatic nitrogens is 5. The molecule has 4 atom stereocenters. The van der Waals surface area contributed by atoms with E-state index in [-0.39, 0.29) is 29.9 Å². The number of esters is 1. The maximum atomic E-state index is 12.7. The van der Waals surface area contributed by atoms with Gasteiger partial charge in [0, 0.05) is 20.2 Å². The third-order valence-corrected chi connectivity index (χ3v) is 5.62. The molecule has 0 bridgehead atoms. The highest BCUT2D eigenvalue weighted by molar-refractivity contribution is 5.88. The summed E-state index contributed by atoms with van der Waals surface area (Å²) in [5.74, 6) is -0.720. The molecular formula is C20H24N5O8+. The SMILES string of the molecule is Cn1cnc2c1c(=O)n(CCOC(=O)c1ccc[n+]([C@@H]3O[C@H](CO)[C@@H](O)[C@H]3O)c1)c(=O)n2C. The Morgan fingerprint density at radius 3 is 2.73 bits per heavy atom. The standard InChI is InChI=1S/C20H24N5O8/c1-22-10-21-16-13(22)17(29)25(20(31)23(16)2)6-7-32-19(30)11-4-3-5-24(8-11)18-15(28)14(27)12(9-26)33-18/h3-5,8,10,12,14-15,18,26-28H,6-7,9H2,1-2H3/q+1/t12-,14-,15-,18-/m1/s1. The van der Waals surface area contributed by atoms with Crippen molar-refractivity contribution in [2.24, 2.45) is 14.1 Å². The summed E-state index contributed by atoms with van der Waals surface area (Å²) < 4.78 is 15.8. The first-order valence-electron chi connectivity index (χ1n) is 10.2. The van der Waals surface area contributed by atoms with Crippen LogP contribution in [0, 0.1) is 0 Å². The molecule has 4 heterocycles. The van der Waals surface area contributed by atoms with Crippen LogP contribution in [-0.2, 0) is 30.1 Å². The molecule has 33 heavy (non-hydrogen) atoms. The summed E-state index contributed by atoms with van der Waals surface area (Å²) in [5.41, 5.74) is -0.474. The van der Waals surface area contributed by atoms with E-state index in [9.17, 15) is 29.7 Å². The summed E-state index contributed by atoms with van der Waals surface area (Å²) in [6.45, 7) is -0.861. The molecular weight excluding hydrogens is 438 g/mol. The van der Waals surface area contributed by atoms with Gasteiger partial charge >= 0.3 is 11.7 Å². The van der Waals surface area contributed by atoms with Crippen LogP contribution in [0.3, 0.4) is 0 Å². The fourth-order valence-corrected chi connectivity index (χ4v) is 3.80. The Morgan fingerprint density at radius 1 is 1.27 bits per heavy atom. The summed E-state index contributed by atoms with van der Waals surface area (Å²) >= 11 is 0. The van der Waals surface area contributed by atoms with Gasteiger partial charge in [-0.25, -0.2) is 14.6 Å². The predicted molar refractivity (Wildman–Crippen MR) is 110 cm³/mol. The first-order valence-corrected chi connectivity index (χ1v) is 10.2. The lowest BCUT2D eigenvalue weighted by Gasteiger charge is -2.11. The minimum atomic E-state index is -1.30. The van der Waals surface area contributed by atoms with E-state index in [1.807, 2.05) is 0 Å². The van der Waals surface area contributed by atoms with Gasteiger partial charge in [0.25, 0.3) is 11.8 Å². The number of aryl methyl sites for hydroxylation is 2. The van der Waals surface area contributed by atoms with E-state index in [1.54, 1.807) is 7.05 Å². The van der Waals surface area contributed by atoms with Gasteiger partial charge in [0.2, 0.25) is 0 Å². The van der Waals surface area contributed by atoms with E-state index in [0.29, 0.717) is 0 Å². The first-order chi connectivity index (χ1) is 15.7. The highest BCUT2D eigenvalue weighted by Gasteiger charge is 2.48. The highest BCUT2D eigenvalue weighted by Crippen LogP contribution is 2.25. The molecule has 4 rings (SSSR count). The molecule has 0 radical (unpaired) electrons. The monoisotopic (exact) mass is 462 g/mol. The van der Waals surface area contributed by atoms with Gasteiger partial charge in [-0.15, -0.1) is 0 Å². The van der Waals surface area contributed by atoms with Crippen molar-refractivity contribution in [3.05, 3.63) is 57.3 Å². The minimum absolute atomic E-state index is 0.123. The maximum absolute atomic E-state index is 12.7. The van der Waals surface area contributed by atoms with E-state index in [2.05, 4.69) is 4.98 Å². The zero-order chi connectivity index (χ0) is 23.9. The van der Waals surface area contributed by atoms with Gasteiger partial charge in [0.05, 0.1) is 19.5 Å². The number of fused-ring (bicyclic) bond motifs is 1. The van der Waals surface area contributed by atoms with E-state index in [1.165, 1.54) is 51.6 Å². The number of aliphatic hydroxyl groups is 3. The quantitative estimate of drug-likeness (QED) is 0.259. The van der Waals surface area contributed by atoms with Gasteiger partial charge in [0.1, 0.15) is 24.4 Å². The van der Waals surface area contributed by atoms with Crippen molar-refractivity contribution < 1.29 is 34.2 Å². The Balaban J connectivity index is 1.48. The fourth-order valence-electron chi connectivity index (χ4n) is 3.80. The van der Waals surface area contributed by atoms with Crippen LogP contribution in [0.15, 0.2) is 40.4 Å².